The van der Waals surface area contributed by atoms with Gasteiger partial charge in [0.2, 0.25) is 22.4 Å². The van der Waals surface area contributed by atoms with Crippen LogP contribution in [0.3, 0.4) is 0 Å². The summed E-state index contributed by atoms with van der Waals surface area (Å²) < 4.78 is 78.3. The molecule has 1 heterocycles. The van der Waals surface area contributed by atoms with Crippen molar-refractivity contribution in [3.05, 3.63) is 47.7 Å². The van der Waals surface area contributed by atoms with Gasteiger partial charge in [-0.15, -0.1) is 0 Å². The van der Waals surface area contributed by atoms with Gasteiger partial charge < -0.3 is 10.6 Å². The first kappa shape index (κ1) is 23.1. The molecule has 30 heavy (non-hydrogen) atoms. The minimum Gasteiger partial charge on any atom is -0.317 e. The Bertz CT molecular complexity index is 1050. The third-order valence-electron chi connectivity index (χ3n) is 3.53. The van der Waals surface area contributed by atoms with Crippen molar-refractivity contribution in [2.24, 2.45) is 0 Å². The Morgan fingerprint density at radius 3 is 2.37 bits per heavy atom. The quantitative estimate of drug-likeness (QED) is 0.537. The van der Waals surface area contributed by atoms with E-state index in [1.54, 1.807) is 4.72 Å². The SMILES string of the molecule is CC(=O)Nc1ccc(C(=O)Nc2c(F)ccc(NS(=O)(=O)CCC(F)F)c2F)cn1. The molecule has 3 N–H and O–H groups in total. The minimum absolute atomic E-state index is 0.106. The van der Waals surface area contributed by atoms with Crippen molar-refractivity contribution in [2.75, 3.05) is 21.1 Å². The van der Waals surface area contributed by atoms with Gasteiger partial charge in [-0.1, -0.05) is 0 Å². The van der Waals surface area contributed by atoms with Gasteiger partial charge in [0.15, 0.2) is 5.82 Å². The van der Waals surface area contributed by atoms with Gasteiger partial charge in [-0.3, -0.25) is 14.3 Å². The summed E-state index contributed by atoms with van der Waals surface area (Å²) in [5.41, 5.74) is -1.77. The Labute approximate surface area is 168 Å². The molecule has 0 aliphatic rings. The van der Waals surface area contributed by atoms with Gasteiger partial charge in [0.1, 0.15) is 17.3 Å². The van der Waals surface area contributed by atoms with E-state index in [4.69, 9.17) is 0 Å². The second-order valence-corrected chi connectivity index (χ2v) is 7.79. The minimum atomic E-state index is -4.33. The summed E-state index contributed by atoms with van der Waals surface area (Å²) in [6, 6.07) is 3.97. The van der Waals surface area contributed by atoms with Crippen molar-refractivity contribution < 1.29 is 35.6 Å². The van der Waals surface area contributed by atoms with Crippen molar-refractivity contribution in [3.8, 4) is 0 Å². The largest absolute Gasteiger partial charge is 0.317 e. The zero-order valence-electron chi connectivity index (χ0n) is 15.4. The number of amides is 2. The highest BCUT2D eigenvalue weighted by Crippen LogP contribution is 2.27. The number of rotatable bonds is 8. The smallest absolute Gasteiger partial charge is 0.257 e. The molecule has 0 atom stereocenters. The van der Waals surface area contributed by atoms with Gasteiger partial charge in [0.25, 0.3) is 5.91 Å². The summed E-state index contributed by atoms with van der Waals surface area (Å²) in [5.74, 6) is -4.82. The fourth-order valence-corrected chi connectivity index (χ4v) is 3.26. The summed E-state index contributed by atoms with van der Waals surface area (Å²) in [4.78, 5) is 27.0. The van der Waals surface area contributed by atoms with Crippen LogP contribution in [0.4, 0.5) is 34.8 Å². The number of benzene rings is 1. The Hall–Kier alpha value is -3.22. The van der Waals surface area contributed by atoms with Crippen molar-refractivity contribution in [1.29, 1.82) is 0 Å². The normalized spacial score (nSPS) is 11.3. The van der Waals surface area contributed by atoms with Crippen LogP contribution in [-0.2, 0) is 14.8 Å². The first-order valence-electron chi connectivity index (χ1n) is 8.30. The van der Waals surface area contributed by atoms with Gasteiger partial charge in [0, 0.05) is 19.5 Å². The van der Waals surface area contributed by atoms with E-state index < -0.39 is 63.4 Å². The molecule has 1 aromatic carbocycles. The lowest BCUT2D eigenvalue weighted by Crippen LogP contribution is -2.20. The lowest BCUT2D eigenvalue weighted by Gasteiger charge is -2.13. The van der Waals surface area contributed by atoms with E-state index in [1.807, 2.05) is 5.32 Å². The van der Waals surface area contributed by atoms with Crippen molar-refractivity contribution in [2.45, 2.75) is 19.8 Å². The highest BCUT2D eigenvalue weighted by molar-refractivity contribution is 7.92. The molecule has 0 saturated heterocycles. The molecule has 0 bridgehead atoms. The molecule has 0 fully saturated rings. The van der Waals surface area contributed by atoms with E-state index in [9.17, 15) is 35.6 Å². The van der Waals surface area contributed by atoms with Crippen LogP contribution in [0.25, 0.3) is 0 Å². The molecule has 13 heteroatoms. The predicted molar refractivity (Wildman–Crippen MR) is 101 cm³/mol. The molecule has 1 aromatic heterocycles. The molecule has 0 radical (unpaired) electrons. The highest BCUT2D eigenvalue weighted by Gasteiger charge is 2.21. The molecule has 2 amide bonds. The number of nitrogens with one attached hydrogen (secondary N) is 3. The molecule has 0 saturated carbocycles. The Balaban J connectivity index is 2.20. The van der Waals surface area contributed by atoms with Crippen LogP contribution in [0.5, 0.6) is 0 Å². The summed E-state index contributed by atoms with van der Waals surface area (Å²) in [6.45, 7) is 1.25. The Morgan fingerprint density at radius 2 is 1.80 bits per heavy atom. The number of sulfonamides is 1. The number of aromatic nitrogens is 1. The molecule has 0 aliphatic carbocycles. The molecule has 0 unspecified atom stereocenters. The van der Waals surface area contributed by atoms with Crippen molar-refractivity contribution in [1.82, 2.24) is 4.98 Å². The summed E-state index contributed by atoms with van der Waals surface area (Å²) in [7, 11) is -4.33. The molecular weight excluding hydrogens is 432 g/mol. The van der Waals surface area contributed by atoms with E-state index in [1.165, 1.54) is 19.1 Å². The lowest BCUT2D eigenvalue weighted by atomic mass is 10.2. The lowest BCUT2D eigenvalue weighted by molar-refractivity contribution is -0.114. The standard InChI is InChI=1S/C17H16F4N4O4S/c1-9(26)23-14-5-2-10(8-22-14)17(27)24-16-11(18)3-4-12(15(16)21)25-30(28,29)7-6-13(19)20/h2-5,8,13,25H,6-7H2,1H3,(H,24,27)(H,22,23,26). The van der Waals surface area contributed by atoms with E-state index in [-0.39, 0.29) is 11.4 Å². The van der Waals surface area contributed by atoms with Gasteiger partial charge in [-0.25, -0.2) is 31.0 Å². The highest BCUT2D eigenvalue weighted by atomic mass is 32.2. The predicted octanol–water partition coefficient (Wildman–Crippen LogP) is 2.97. The van der Waals surface area contributed by atoms with Crippen LogP contribution in [0.2, 0.25) is 0 Å². The maximum atomic E-state index is 14.6. The third-order valence-corrected chi connectivity index (χ3v) is 4.83. The van der Waals surface area contributed by atoms with Crippen LogP contribution in [0.1, 0.15) is 23.7 Å². The van der Waals surface area contributed by atoms with Crippen LogP contribution in [-0.4, -0.2) is 37.4 Å². The van der Waals surface area contributed by atoms with Crippen molar-refractivity contribution in [3.63, 3.8) is 0 Å². The number of pyridine rings is 1. The van der Waals surface area contributed by atoms with Gasteiger partial charge in [-0.05, 0) is 24.3 Å². The first-order valence-corrected chi connectivity index (χ1v) is 9.95. The molecule has 2 aromatic rings. The number of anilines is 3. The summed E-state index contributed by atoms with van der Waals surface area (Å²) >= 11 is 0. The third kappa shape index (κ3) is 6.40. The molecule has 162 valence electrons. The fourth-order valence-electron chi connectivity index (χ4n) is 2.18. The second-order valence-electron chi connectivity index (χ2n) is 5.95. The van der Waals surface area contributed by atoms with Crippen LogP contribution < -0.4 is 15.4 Å². The molecule has 2 rings (SSSR count). The number of halogens is 4. The number of alkyl halides is 2. The number of nitrogens with zero attached hydrogens (tertiary/aromatic N) is 1. The maximum absolute atomic E-state index is 14.6. The van der Waals surface area contributed by atoms with Gasteiger partial charge in [-0.2, -0.15) is 0 Å². The van der Waals surface area contributed by atoms with Gasteiger partial charge >= 0.3 is 0 Å². The first-order chi connectivity index (χ1) is 14.0. The Morgan fingerprint density at radius 1 is 1.10 bits per heavy atom. The molecule has 0 spiro atoms. The topological polar surface area (TPSA) is 117 Å². The zero-order chi connectivity index (χ0) is 22.5. The van der Waals surface area contributed by atoms with Crippen LogP contribution >= 0.6 is 0 Å². The van der Waals surface area contributed by atoms with Crippen LogP contribution in [0.15, 0.2) is 30.5 Å². The van der Waals surface area contributed by atoms with E-state index in [0.29, 0.717) is 6.07 Å². The zero-order valence-corrected chi connectivity index (χ0v) is 16.2. The molecular formula is C17H16F4N4O4S. The van der Waals surface area contributed by atoms with Crippen LogP contribution in [0, 0.1) is 11.6 Å². The van der Waals surface area contributed by atoms with E-state index in [2.05, 4.69) is 10.3 Å². The fraction of sp³-hybridized carbons (Fsp3) is 0.235. The monoisotopic (exact) mass is 448 g/mol. The van der Waals surface area contributed by atoms with E-state index in [0.717, 1.165) is 12.3 Å². The maximum Gasteiger partial charge on any atom is 0.257 e. The second kappa shape index (κ2) is 9.52. The summed E-state index contributed by atoms with van der Waals surface area (Å²) in [5, 5.41) is 4.33. The molecule has 0 aliphatic heterocycles. The number of hydrogen-bond acceptors (Lipinski definition) is 5. The average Bonchev–Trinajstić information content (AvgIpc) is 2.66. The summed E-state index contributed by atoms with van der Waals surface area (Å²) in [6.07, 6.45) is -2.79. The Kier molecular flexibility index (Phi) is 7.32. The number of hydrogen-bond donors (Lipinski definition) is 3. The van der Waals surface area contributed by atoms with E-state index >= 15 is 0 Å². The average molecular weight is 448 g/mol. The number of carbonyl (C=O) groups excluding carboxylic acids is 2. The van der Waals surface area contributed by atoms with Crippen molar-refractivity contribution >= 4 is 39.0 Å². The molecule has 8 nitrogen and oxygen atoms in total. The number of carbonyl (C=O) groups is 2. The van der Waals surface area contributed by atoms with Gasteiger partial charge in [0.05, 0.1) is 17.0 Å².